The summed E-state index contributed by atoms with van der Waals surface area (Å²) >= 11 is 5.76. The predicted octanol–water partition coefficient (Wildman–Crippen LogP) is 2.44. The van der Waals surface area contributed by atoms with E-state index in [0.717, 1.165) is 0 Å². The van der Waals surface area contributed by atoms with Gasteiger partial charge in [-0.15, -0.1) is 0 Å². The normalized spacial score (nSPS) is 12.1. The van der Waals surface area contributed by atoms with Gasteiger partial charge in [0, 0.05) is 0 Å². The zero-order chi connectivity index (χ0) is 11.9. The average Bonchev–Trinajstić information content (AvgIpc) is 2.74. The molecule has 0 saturated heterocycles. The van der Waals surface area contributed by atoms with Gasteiger partial charge in [-0.3, -0.25) is 5.10 Å². The van der Waals surface area contributed by atoms with Crippen LogP contribution in [0.1, 0.15) is 11.5 Å². The van der Waals surface area contributed by atoms with Gasteiger partial charge in [-0.2, -0.15) is 23.3 Å². The first-order chi connectivity index (χ1) is 7.39. The van der Waals surface area contributed by atoms with E-state index in [1.807, 2.05) is 0 Å². The first kappa shape index (κ1) is 10.9. The van der Waals surface area contributed by atoms with Crippen LogP contribution in [0.2, 0.25) is 5.02 Å². The Bertz CT molecular complexity index is 518. The summed E-state index contributed by atoms with van der Waals surface area (Å²) in [7, 11) is 0. The lowest BCUT2D eigenvalue weighted by molar-refractivity contribution is -0.146. The van der Waals surface area contributed by atoms with Crippen LogP contribution in [0.25, 0.3) is 11.6 Å². The van der Waals surface area contributed by atoms with Crippen LogP contribution in [0.3, 0.4) is 0 Å². The van der Waals surface area contributed by atoms with Crippen molar-refractivity contribution in [1.29, 1.82) is 0 Å². The number of rotatable bonds is 1. The van der Waals surface area contributed by atoms with Crippen LogP contribution in [0.15, 0.2) is 4.52 Å². The molecule has 1 N–H and O–H groups in total. The number of halogens is 4. The lowest BCUT2D eigenvalue weighted by Gasteiger charge is -1.95. The van der Waals surface area contributed by atoms with Crippen molar-refractivity contribution in [3.8, 4) is 11.6 Å². The van der Waals surface area contributed by atoms with Crippen molar-refractivity contribution in [1.82, 2.24) is 20.3 Å². The highest BCUT2D eigenvalue weighted by Crippen LogP contribution is 2.31. The van der Waals surface area contributed by atoms with Gasteiger partial charge in [-0.25, -0.2) is 0 Å². The molecule has 2 aromatic heterocycles. The fraction of sp³-hybridized carbons (Fsp3) is 0.286. The molecule has 0 aliphatic carbocycles. The van der Waals surface area contributed by atoms with Crippen molar-refractivity contribution >= 4 is 11.6 Å². The topological polar surface area (TPSA) is 67.6 Å². The van der Waals surface area contributed by atoms with Gasteiger partial charge in [0.2, 0.25) is 0 Å². The van der Waals surface area contributed by atoms with Crippen molar-refractivity contribution < 1.29 is 17.7 Å². The van der Waals surface area contributed by atoms with E-state index in [9.17, 15) is 13.2 Å². The molecule has 0 saturated carbocycles. The van der Waals surface area contributed by atoms with Crippen molar-refractivity contribution in [2.45, 2.75) is 13.1 Å². The number of hydrogen-bond donors (Lipinski definition) is 1. The molecule has 0 aliphatic rings. The minimum absolute atomic E-state index is 0.00201. The van der Waals surface area contributed by atoms with Crippen LogP contribution in [-0.4, -0.2) is 20.3 Å². The fourth-order valence-electron chi connectivity index (χ4n) is 0.992. The highest BCUT2D eigenvalue weighted by molar-refractivity contribution is 6.33. The number of aromatic nitrogens is 4. The molecule has 2 aromatic rings. The molecular weight excluding hydrogens is 249 g/mol. The minimum Gasteiger partial charge on any atom is -0.332 e. The van der Waals surface area contributed by atoms with Gasteiger partial charge in [-0.05, 0) is 6.92 Å². The summed E-state index contributed by atoms with van der Waals surface area (Å²) in [4.78, 5) is 3.16. The zero-order valence-corrected chi connectivity index (χ0v) is 8.52. The monoisotopic (exact) mass is 252 g/mol. The van der Waals surface area contributed by atoms with Crippen molar-refractivity contribution in [2.75, 3.05) is 0 Å². The molecule has 0 amide bonds. The van der Waals surface area contributed by atoms with Crippen LogP contribution >= 0.6 is 11.6 Å². The van der Waals surface area contributed by atoms with Gasteiger partial charge in [0.15, 0.2) is 5.69 Å². The van der Waals surface area contributed by atoms with Crippen molar-refractivity contribution in [2.24, 2.45) is 0 Å². The number of aryl methyl sites for hydroxylation is 1. The van der Waals surface area contributed by atoms with Crippen LogP contribution in [0, 0.1) is 6.92 Å². The third kappa shape index (κ3) is 1.75. The van der Waals surface area contributed by atoms with E-state index >= 15 is 0 Å². The maximum Gasteiger partial charge on any atom is 0.455 e. The van der Waals surface area contributed by atoms with Gasteiger partial charge in [0.25, 0.3) is 11.7 Å². The summed E-state index contributed by atoms with van der Waals surface area (Å²) in [6.07, 6.45) is -4.65. The van der Waals surface area contributed by atoms with E-state index in [1.54, 1.807) is 6.92 Å². The Hall–Kier alpha value is -1.57. The number of aromatic amines is 1. The summed E-state index contributed by atoms with van der Waals surface area (Å²) in [6.45, 7) is 1.61. The Morgan fingerprint density at radius 3 is 2.50 bits per heavy atom. The molecular formula is C7H4ClF3N4O. The van der Waals surface area contributed by atoms with E-state index in [4.69, 9.17) is 11.6 Å². The van der Waals surface area contributed by atoms with E-state index < -0.39 is 12.0 Å². The molecule has 2 rings (SSSR count). The molecule has 0 atom stereocenters. The molecule has 0 bridgehead atoms. The van der Waals surface area contributed by atoms with Crippen LogP contribution in [0.5, 0.6) is 0 Å². The standard InChI is InChI=1S/C7H4ClF3N4O/c1-2-3(8)4(14-13-2)5-12-6(15-16-5)7(9,10)11/h1H3,(H,13,14). The molecule has 0 unspecified atom stereocenters. The Balaban J connectivity index is 2.43. The summed E-state index contributed by atoms with van der Waals surface area (Å²) < 4.78 is 41.0. The minimum atomic E-state index is -4.65. The molecule has 0 fully saturated rings. The highest BCUT2D eigenvalue weighted by atomic mass is 35.5. The first-order valence-corrected chi connectivity index (χ1v) is 4.39. The molecule has 0 aliphatic heterocycles. The lowest BCUT2D eigenvalue weighted by Crippen LogP contribution is -2.07. The second kappa shape index (κ2) is 3.48. The summed E-state index contributed by atoms with van der Waals surface area (Å²) in [5, 5.41) is 9.09. The number of nitrogens with one attached hydrogen (secondary N) is 1. The van der Waals surface area contributed by atoms with Gasteiger partial charge in [0.1, 0.15) is 0 Å². The number of alkyl halides is 3. The largest absolute Gasteiger partial charge is 0.455 e. The number of nitrogens with zero attached hydrogens (tertiary/aromatic N) is 3. The number of H-pyrrole nitrogens is 1. The molecule has 86 valence electrons. The third-order valence-corrected chi connectivity index (χ3v) is 2.22. The Morgan fingerprint density at radius 2 is 2.06 bits per heavy atom. The van der Waals surface area contributed by atoms with Crippen LogP contribution in [-0.2, 0) is 6.18 Å². The fourth-order valence-corrected chi connectivity index (χ4v) is 1.16. The maximum absolute atomic E-state index is 12.2. The van der Waals surface area contributed by atoms with Crippen LogP contribution < -0.4 is 0 Å². The summed E-state index contributed by atoms with van der Waals surface area (Å²) in [5.74, 6) is -1.74. The quantitative estimate of drug-likeness (QED) is 0.846. The lowest BCUT2D eigenvalue weighted by atomic mass is 10.4. The first-order valence-electron chi connectivity index (χ1n) is 4.01. The van der Waals surface area contributed by atoms with Crippen molar-refractivity contribution in [3.05, 3.63) is 16.5 Å². The van der Waals surface area contributed by atoms with Gasteiger partial charge in [-0.1, -0.05) is 16.8 Å². The second-order valence-electron chi connectivity index (χ2n) is 2.93. The molecule has 0 spiro atoms. The van der Waals surface area contributed by atoms with Gasteiger partial charge >= 0.3 is 6.18 Å². The molecule has 0 aromatic carbocycles. The van der Waals surface area contributed by atoms with E-state index in [2.05, 4.69) is 24.9 Å². The maximum atomic E-state index is 12.2. The Labute approximate surface area is 91.6 Å². The molecule has 9 heteroatoms. The average molecular weight is 253 g/mol. The second-order valence-corrected chi connectivity index (χ2v) is 3.31. The van der Waals surface area contributed by atoms with Gasteiger partial charge < -0.3 is 4.52 Å². The SMILES string of the molecule is Cc1[nH]nc(-c2nc(C(F)(F)F)no2)c1Cl. The summed E-state index contributed by atoms with van der Waals surface area (Å²) in [5.41, 5.74) is 0.505. The molecule has 0 radical (unpaired) electrons. The highest BCUT2D eigenvalue weighted by Gasteiger charge is 2.37. The molecule has 2 heterocycles. The Morgan fingerprint density at radius 1 is 1.38 bits per heavy atom. The smallest absolute Gasteiger partial charge is 0.332 e. The van der Waals surface area contributed by atoms with Crippen LogP contribution in [0.4, 0.5) is 13.2 Å². The third-order valence-electron chi connectivity index (χ3n) is 1.75. The van der Waals surface area contributed by atoms with Crippen molar-refractivity contribution in [3.63, 3.8) is 0 Å². The summed E-state index contributed by atoms with van der Waals surface area (Å²) in [6, 6.07) is 0. The zero-order valence-electron chi connectivity index (χ0n) is 7.76. The molecule has 16 heavy (non-hydrogen) atoms. The van der Waals surface area contributed by atoms with E-state index in [1.165, 1.54) is 0 Å². The van der Waals surface area contributed by atoms with Gasteiger partial charge in [0.05, 0.1) is 10.7 Å². The molecule has 5 nitrogen and oxygen atoms in total. The van der Waals surface area contributed by atoms with E-state index in [0.29, 0.717) is 5.69 Å². The van der Waals surface area contributed by atoms with E-state index in [-0.39, 0.29) is 16.6 Å². The predicted molar refractivity (Wildman–Crippen MR) is 46.6 cm³/mol. The number of hydrogen-bond acceptors (Lipinski definition) is 4. The Kier molecular flexibility index (Phi) is 2.38.